The molecular formula is C13H20N2O2. The number of nitro benzene ring substituents is 1. The molecule has 94 valence electrons. The van der Waals surface area contributed by atoms with Crippen LogP contribution in [0.1, 0.15) is 31.4 Å². The highest BCUT2D eigenvalue weighted by Gasteiger charge is 2.17. The van der Waals surface area contributed by atoms with Crippen molar-refractivity contribution >= 4 is 5.69 Å². The molecule has 2 atom stereocenters. The summed E-state index contributed by atoms with van der Waals surface area (Å²) in [7, 11) is 0. The highest BCUT2D eigenvalue weighted by Crippen LogP contribution is 2.24. The van der Waals surface area contributed by atoms with Gasteiger partial charge < -0.3 is 5.73 Å². The minimum atomic E-state index is -0.328. The van der Waals surface area contributed by atoms with E-state index < -0.39 is 0 Å². The van der Waals surface area contributed by atoms with E-state index in [1.165, 1.54) is 0 Å². The zero-order chi connectivity index (χ0) is 13.0. The van der Waals surface area contributed by atoms with E-state index in [-0.39, 0.29) is 16.7 Å². The number of benzene rings is 1. The van der Waals surface area contributed by atoms with Gasteiger partial charge in [0.1, 0.15) is 0 Å². The number of nitrogens with two attached hydrogens (primary N) is 1. The van der Waals surface area contributed by atoms with E-state index in [2.05, 4.69) is 6.92 Å². The van der Waals surface area contributed by atoms with Gasteiger partial charge in [-0.2, -0.15) is 0 Å². The fourth-order valence-electron chi connectivity index (χ4n) is 2.07. The van der Waals surface area contributed by atoms with Gasteiger partial charge in [-0.25, -0.2) is 0 Å². The van der Waals surface area contributed by atoms with Crippen LogP contribution >= 0.6 is 0 Å². The maximum absolute atomic E-state index is 10.8. The van der Waals surface area contributed by atoms with E-state index in [0.717, 1.165) is 24.0 Å². The van der Waals surface area contributed by atoms with E-state index >= 15 is 0 Å². The van der Waals surface area contributed by atoms with Crippen molar-refractivity contribution in [3.63, 3.8) is 0 Å². The lowest BCUT2D eigenvalue weighted by atomic mass is 9.89. The third-order valence-electron chi connectivity index (χ3n) is 3.36. The summed E-state index contributed by atoms with van der Waals surface area (Å²) in [5.41, 5.74) is 7.90. The zero-order valence-electron chi connectivity index (χ0n) is 10.6. The van der Waals surface area contributed by atoms with Crippen LogP contribution < -0.4 is 5.73 Å². The average molecular weight is 236 g/mol. The van der Waals surface area contributed by atoms with Gasteiger partial charge in [0.15, 0.2) is 0 Å². The van der Waals surface area contributed by atoms with Crippen LogP contribution in [-0.2, 0) is 6.42 Å². The maximum Gasteiger partial charge on any atom is 0.272 e. The predicted octanol–water partition coefficient (Wildman–Crippen LogP) is 2.82. The normalized spacial score (nSPS) is 14.4. The summed E-state index contributed by atoms with van der Waals surface area (Å²) in [6.45, 7) is 5.89. The predicted molar refractivity (Wildman–Crippen MR) is 69.0 cm³/mol. The Labute approximate surface area is 102 Å². The van der Waals surface area contributed by atoms with E-state index in [1.807, 2.05) is 13.0 Å². The molecule has 2 unspecified atom stereocenters. The molecule has 0 radical (unpaired) electrons. The van der Waals surface area contributed by atoms with Crippen molar-refractivity contribution < 1.29 is 4.92 Å². The number of hydrogen-bond acceptors (Lipinski definition) is 3. The molecule has 0 aliphatic heterocycles. The molecule has 4 heteroatoms. The van der Waals surface area contributed by atoms with Gasteiger partial charge in [0.05, 0.1) is 4.92 Å². The molecule has 0 saturated carbocycles. The molecule has 0 spiro atoms. The lowest BCUT2D eigenvalue weighted by Gasteiger charge is -2.19. The van der Waals surface area contributed by atoms with Gasteiger partial charge in [-0.1, -0.05) is 25.5 Å². The topological polar surface area (TPSA) is 69.2 Å². The van der Waals surface area contributed by atoms with E-state index in [9.17, 15) is 10.1 Å². The third kappa shape index (κ3) is 3.27. The van der Waals surface area contributed by atoms with Gasteiger partial charge in [-0.05, 0) is 31.7 Å². The summed E-state index contributed by atoms with van der Waals surface area (Å²) >= 11 is 0. The Morgan fingerprint density at radius 1 is 1.47 bits per heavy atom. The second-order valence-corrected chi connectivity index (χ2v) is 4.55. The van der Waals surface area contributed by atoms with Crippen LogP contribution in [0.15, 0.2) is 18.2 Å². The second-order valence-electron chi connectivity index (χ2n) is 4.55. The van der Waals surface area contributed by atoms with Crippen LogP contribution in [0.3, 0.4) is 0 Å². The van der Waals surface area contributed by atoms with Crippen LogP contribution in [0.2, 0.25) is 0 Å². The first-order valence-electron chi connectivity index (χ1n) is 5.95. The first-order chi connectivity index (χ1) is 7.97. The number of nitrogens with zero attached hydrogens (tertiary/aromatic N) is 1. The van der Waals surface area contributed by atoms with Crippen molar-refractivity contribution in [3.05, 3.63) is 39.4 Å². The Morgan fingerprint density at radius 3 is 2.59 bits per heavy atom. The number of nitro groups is 1. The van der Waals surface area contributed by atoms with E-state index in [4.69, 9.17) is 5.73 Å². The van der Waals surface area contributed by atoms with Crippen LogP contribution in [0.4, 0.5) is 5.69 Å². The molecule has 0 saturated heterocycles. The van der Waals surface area contributed by atoms with Crippen LogP contribution in [0.25, 0.3) is 0 Å². The molecule has 0 aliphatic carbocycles. The van der Waals surface area contributed by atoms with Crippen LogP contribution in [0.5, 0.6) is 0 Å². The lowest BCUT2D eigenvalue weighted by Crippen LogP contribution is -2.27. The molecule has 4 nitrogen and oxygen atoms in total. The fraction of sp³-hybridized carbons (Fsp3) is 0.538. The van der Waals surface area contributed by atoms with Gasteiger partial charge in [0.2, 0.25) is 0 Å². The van der Waals surface area contributed by atoms with Gasteiger partial charge in [-0.3, -0.25) is 10.1 Å². The summed E-state index contributed by atoms with van der Waals surface area (Å²) in [4.78, 5) is 10.5. The van der Waals surface area contributed by atoms with Gasteiger partial charge >= 0.3 is 0 Å². The minimum Gasteiger partial charge on any atom is -0.328 e. The maximum atomic E-state index is 10.8. The second kappa shape index (κ2) is 5.77. The summed E-state index contributed by atoms with van der Waals surface area (Å²) in [5, 5.41) is 10.8. The van der Waals surface area contributed by atoms with Crippen molar-refractivity contribution in [1.82, 2.24) is 0 Å². The fourth-order valence-corrected chi connectivity index (χ4v) is 2.07. The molecule has 0 aliphatic rings. The first-order valence-corrected chi connectivity index (χ1v) is 5.95. The average Bonchev–Trinajstić information content (AvgIpc) is 2.26. The molecule has 0 bridgehead atoms. The minimum absolute atomic E-state index is 0.110. The Hall–Kier alpha value is -1.42. The summed E-state index contributed by atoms with van der Waals surface area (Å²) in [6, 6.07) is 5.35. The van der Waals surface area contributed by atoms with Crippen LogP contribution in [-0.4, -0.2) is 11.0 Å². The molecule has 0 heterocycles. The quantitative estimate of drug-likeness (QED) is 0.631. The molecule has 2 N–H and O–H groups in total. The van der Waals surface area contributed by atoms with Crippen molar-refractivity contribution in [3.8, 4) is 0 Å². The molecular weight excluding hydrogens is 216 g/mol. The third-order valence-corrected chi connectivity index (χ3v) is 3.36. The summed E-state index contributed by atoms with van der Waals surface area (Å²) < 4.78 is 0. The molecule has 17 heavy (non-hydrogen) atoms. The van der Waals surface area contributed by atoms with E-state index in [1.54, 1.807) is 19.1 Å². The molecule has 0 amide bonds. The van der Waals surface area contributed by atoms with E-state index in [0.29, 0.717) is 5.92 Å². The zero-order valence-corrected chi connectivity index (χ0v) is 10.6. The standard InChI is InChI=1S/C13H20N2O2/c1-4-11(10(3)14)8-12-6-5-7-13(9(12)2)15(16)17/h5-7,10-11H,4,8,14H2,1-3H3. The van der Waals surface area contributed by atoms with Crippen LogP contribution in [0, 0.1) is 23.0 Å². The number of hydrogen-bond donors (Lipinski definition) is 1. The Balaban J connectivity index is 2.99. The highest BCUT2D eigenvalue weighted by molar-refractivity contribution is 5.44. The van der Waals surface area contributed by atoms with Crippen molar-refractivity contribution in [1.29, 1.82) is 0 Å². The van der Waals surface area contributed by atoms with Gasteiger partial charge in [0.25, 0.3) is 5.69 Å². The number of rotatable bonds is 5. The largest absolute Gasteiger partial charge is 0.328 e. The highest BCUT2D eigenvalue weighted by atomic mass is 16.6. The van der Waals surface area contributed by atoms with Crippen molar-refractivity contribution in [2.24, 2.45) is 11.7 Å². The molecule has 1 aromatic carbocycles. The Bertz CT molecular complexity index is 402. The smallest absolute Gasteiger partial charge is 0.272 e. The Kier molecular flexibility index (Phi) is 4.63. The lowest BCUT2D eigenvalue weighted by molar-refractivity contribution is -0.385. The summed E-state index contributed by atoms with van der Waals surface area (Å²) in [5.74, 6) is 0.371. The van der Waals surface area contributed by atoms with Gasteiger partial charge in [0, 0.05) is 17.7 Å². The Morgan fingerprint density at radius 2 is 2.12 bits per heavy atom. The van der Waals surface area contributed by atoms with Crippen molar-refractivity contribution in [2.75, 3.05) is 0 Å². The van der Waals surface area contributed by atoms with Gasteiger partial charge in [-0.15, -0.1) is 0 Å². The molecule has 1 rings (SSSR count). The first kappa shape index (κ1) is 13.6. The SMILES string of the molecule is CCC(Cc1cccc([N+](=O)[O-])c1C)C(C)N. The molecule has 1 aromatic rings. The van der Waals surface area contributed by atoms with Crippen molar-refractivity contribution in [2.45, 2.75) is 39.7 Å². The molecule has 0 aromatic heterocycles. The summed E-state index contributed by atoms with van der Waals surface area (Å²) in [6.07, 6.45) is 1.79. The monoisotopic (exact) mass is 236 g/mol. The molecule has 0 fully saturated rings.